The molecule has 334 valence electrons. The van der Waals surface area contributed by atoms with Crippen molar-refractivity contribution >= 4 is 11.7 Å². The molecule has 1 aromatic rings. The van der Waals surface area contributed by atoms with Gasteiger partial charge in [0.25, 0.3) is 0 Å². The van der Waals surface area contributed by atoms with E-state index >= 15 is 0 Å². The molecular formula is C44H81NO12. The molecule has 1 aromatic carbocycles. The number of carbonyl (C=O) groups excluding carboxylic acids is 1. The average Bonchev–Trinajstić information content (AvgIpc) is 3.22. The Bertz CT molecular complexity index is 942. The number of esters is 1. The van der Waals surface area contributed by atoms with E-state index in [0.717, 1.165) is 18.6 Å². The van der Waals surface area contributed by atoms with Gasteiger partial charge in [-0.1, -0.05) is 96.8 Å². The minimum absolute atomic E-state index is 0.131. The Hall–Kier alpha value is -2.07. The lowest BCUT2D eigenvalue weighted by Crippen LogP contribution is -2.15. The summed E-state index contributed by atoms with van der Waals surface area (Å²) in [6.45, 7) is 11.8. The number of unbranched alkanes of at least 4 members (excludes halogenated alkanes) is 14. The number of benzene rings is 1. The van der Waals surface area contributed by atoms with Crippen molar-refractivity contribution in [2.75, 3.05) is 138 Å². The number of hydrogen-bond acceptors (Lipinski definition) is 13. The maximum absolute atomic E-state index is 11.9. The van der Waals surface area contributed by atoms with Gasteiger partial charge < -0.3 is 57.8 Å². The normalized spacial score (nSPS) is 11.4. The van der Waals surface area contributed by atoms with E-state index < -0.39 is 0 Å². The number of nitrogen functional groups attached to an aromatic ring is 1. The summed E-state index contributed by atoms with van der Waals surface area (Å²) in [6, 6.07) is 7.27. The van der Waals surface area contributed by atoms with E-state index in [4.69, 9.17) is 57.8 Å². The summed E-state index contributed by atoms with van der Waals surface area (Å²) in [4.78, 5) is 11.9. The molecule has 0 saturated carbocycles. The van der Waals surface area contributed by atoms with Crippen molar-refractivity contribution in [2.45, 2.75) is 110 Å². The average molecular weight is 816 g/mol. The maximum Gasteiger partial charge on any atom is 0.305 e. The third kappa shape index (κ3) is 41.9. The summed E-state index contributed by atoms with van der Waals surface area (Å²) >= 11 is 0. The molecule has 0 aromatic heterocycles. The van der Waals surface area contributed by atoms with Crippen LogP contribution in [0.25, 0.3) is 0 Å². The third-order valence-corrected chi connectivity index (χ3v) is 8.83. The SMILES string of the molecule is CCCCCCCCCCCCCCCCCC(=O)OCCOCCOCCOCCOCCOCCOCCOCCOCCOCCOc1ccc(N)cc1. The van der Waals surface area contributed by atoms with Crippen LogP contribution in [0, 0.1) is 0 Å². The van der Waals surface area contributed by atoms with Crippen LogP contribution in [0.2, 0.25) is 0 Å². The Balaban J connectivity index is 1.64. The molecule has 0 atom stereocenters. The van der Waals surface area contributed by atoms with Crippen molar-refractivity contribution < 1.29 is 56.9 Å². The lowest BCUT2D eigenvalue weighted by Gasteiger charge is -2.09. The van der Waals surface area contributed by atoms with Gasteiger partial charge >= 0.3 is 5.97 Å². The van der Waals surface area contributed by atoms with Crippen LogP contribution >= 0.6 is 0 Å². The second kappa shape index (κ2) is 45.0. The highest BCUT2D eigenvalue weighted by atomic mass is 16.6. The van der Waals surface area contributed by atoms with Crippen LogP contribution in [-0.2, 0) is 52.2 Å². The Morgan fingerprint density at radius 3 is 1.00 bits per heavy atom. The third-order valence-electron chi connectivity index (χ3n) is 8.83. The predicted molar refractivity (Wildman–Crippen MR) is 224 cm³/mol. The van der Waals surface area contributed by atoms with Gasteiger partial charge in [0, 0.05) is 12.1 Å². The first-order valence-electron chi connectivity index (χ1n) is 22.1. The Labute approximate surface area is 345 Å². The second-order valence-corrected chi connectivity index (χ2v) is 13.8. The monoisotopic (exact) mass is 816 g/mol. The number of anilines is 1. The molecule has 0 aliphatic rings. The molecule has 0 unspecified atom stereocenters. The second-order valence-electron chi connectivity index (χ2n) is 13.8. The zero-order valence-electron chi connectivity index (χ0n) is 35.7. The fourth-order valence-electron chi connectivity index (χ4n) is 5.57. The lowest BCUT2D eigenvalue weighted by molar-refractivity contribution is -0.145. The first kappa shape index (κ1) is 52.9. The fourth-order valence-corrected chi connectivity index (χ4v) is 5.57. The summed E-state index contributed by atoms with van der Waals surface area (Å²) in [5.74, 6) is 0.640. The number of nitrogens with two attached hydrogens (primary N) is 1. The Morgan fingerprint density at radius 1 is 0.386 bits per heavy atom. The summed E-state index contributed by atoms with van der Waals surface area (Å²) in [5.41, 5.74) is 6.36. The number of hydrogen-bond donors (Lipinski definition) is 1. The Morgan fingerprint density at radius 2 is 0.667 bits per heavy atom. The highest BCUT2D eigenvalue weighted by molar-refractivity contribution is 5.69. The molecule has 0 saturated heterocycles. The molecule has 0 fully saturated rings. The van der Waals surface area contributed by atoms with Crippen molar-refractivity contribution in [2.24, 2.45) is 0 Å². The van der Waals surface area contributed by atoms with Crippen LogP contribution in [0.15, 0.2) is 24.3 Å². The van der Waals surface area contributed by atoms with Gasteiger partial charge in [-0.05, 0) is 30.7 Å². The van der Waals surface area contributed by atoms with Crippen LogP contribution in [0.4, 0.5) is 5.69 Å². The number of carbonyl (C=O) groups is 1. The topological polar surface area (TPSA) is 145 Å². The minimum atomic E-state index is -0.131. The predicted octanol–water partition coefficient (Wildman–Crippen LogP) is 7.60. The van der Waals surface area contributed by atoms with Crippen LogP contribution < -0.4 is 10.5 Å². The molecule has 13 nitrogen and oxygen atoms in total. The molecular weight excluding hydrogens is 734 g/mol. The summed E-state index contributed by atoms with van der Waals surface area (Å²) < 4.78 is 60.3. The summed E-state index contributed by atoms with van der Waals surface area (Å²) in [6.07, 6.45) is 20.2. The highest BCUT2D eigenvalue weighted by Crippen LogP contribution is 2.14. The molecule has 0 radical (unpaired) electrons. The van der Waals surface area contributed by atoms with Gasteiger partial charge in [0.15, 0.2) is 0 Å². The molecule has 57 heavy (non-hydrogen) atoms. The van der Waals surface area contributed by atoms with Gasteiger partial charge in [0.2, 0.25) is 0 Å². The Kier molecular flexibility index (Phi) is 41.8. The van der Waals surface area contributed by atoms with Gasteiger partial charge in [-0.25, -0.2) is 0 Å². The summed E-state index contributed by atoms with van der Waals surface area (Å²) in [7, 11) is 0. The van der Waals surface area contributed by atoms with Gasteiger partial charge in [0.1, 0.15) is 19.0 Å². The van der Waals surface area contributed by atoms with E-state index in [1.165, 1.54) is 83.5 Å². The molecule has 13 heteroatoms. The van der Waals surface area contributed by atoms with Crippen molar-refractivity contribution in [3.63, 3.8) is 0 Å². The van der Waals surface area contributed by atoms with Crippen LogP contribution in [0.5, 0.6) is 5.75 Å². The number of ether oxygens (including phenoxy) is 11. The van der Waals surface area contributed by atoms with Gasteiger partial charge in [-0.15, -0.1) is 0 Å². The molecule has 0 aliphatic carbocycles. The van der Waals surface area contributed by atoms with Crippen LogP contribution in [0.3, 0.4) is 0 Å². The first-order chi connectivity index (χ1) is 28.2. The summed E-state index contributed by atoms with van der Waals surface area (Å²) in [5, 5.41) is 0. The molecule has 0 amide bonds. The molecule has 1 rings (SSSR count). The van der Waals surface area contributed by atoms with E-state index in [9.17, 15) is 4.79 Å². The largest absolute Gasteiger partial charge is 0.491 e. The zero-order chi connectivity index (χ0) is 40.8. The van der Waals surface area contributed by atoms with E-state index in [2.05, 4.69) is 6.92 Å². The molecule has 0 aliphatic heterocycles. The fraction of sp³-hybridized carbons (Fsp3) is 0.841. The molecule has 0 bridgehead atoms. The molecule has 2 N–H and O–H groups in total. The quantitative estimate of drug-likeness (QED) is 0.0392. The molecule has 0 spiro atoms. The van der Waals surface area contributed by atoms with Gasteiger partial charge in [-0.3, -0.25) is 4.79 Å². The zero-order valence-corrected chi connectivity index (χ0v) is 35.7. The smallest absolute Gasteiger partial charge is 0.305 e. The first-order valence-corrected chi connectivity index (χ1v) is 22.1. The standard InChI is InChI=1S/C44H81NO12/c1-2-3-4-5-6-7-8-9-10-11-12-13-14-15-16-17-44(46)57-41-39-55-37-35-53-33-31-51-29-27-49-25-23-47-22-24-48-26-28-50-30-32-52-34-36-54-38-40-56-43-20-18-42(45)19-21-43/h18-21H,2-17,22-41,45H2,1H3. The number of rotatable bonds is 47. The van der Waals surface area contributed by atoms with E-state index in [0.29, 0.717) is 138 Å². The van der Waals surface area contributed by atoms with Gasteiger partial charge in [0.05, 0.1) is 119 Å². The van der Waals surface area contributed by atoms with Gasteiger partial charge in [-0.2, -0.15) is 0 Å². The molecule has 0 heterocycles. The van der Waals surface area contributed by atoms with E-state index in [1.807, 2.05) is 12.1 Å². The van der Waals surface area contributed by atoms with Crippen molar-refractivity contribution in [3.8, 4) is 5.75 Å². The van der Waals surface area contributed by atoms with Crippen LogP contribution in [-0.4, -0.2) is 138 Å². The highest BCUT2D eigenvalue weighted by Gasteiger charge is 2.03. The van der Waals surface area contributed by atoms with Crippen LogP contribution in [0.1, 0.15) is 110 Å². The van der Waals surface area contributed by atoms with Crippen molar-refractivity contribution in [1.29, 1.82) is 0 Å². The van der Waals surface area contributed by atoms with Crippen molar-refractivity contribution in [1.82, 2.24) is 0 Å². The van der Waals surface area contributed by atoms with Crippen molar-refractivity contribution in [3.05, 3.63) is 24.3 Å². The lowest BCUT2D eigenvalue weighted by atomic mass is 10.0. The maximum atomic E-state index is 11.9. The van der Waals surface area contributed by atoms with E-state index in [-0.39, 0.29) is 12.6 Å². The van der Waals surface area contributed by atoms with E-state index in [1.54, 1.807) is 12.1 Å². The minimum Gasteiger partial charge on any atom is -0.491 e.